The molecular weight excluding hydrogens is 580 g/mol. The van der Waals surface area contributed by atoms with E-state index in [4.69, 9.17) is 4.84 Å². The molecule has 0 bridgehead atoms. The van der Waals surface area contributed by atoms with E-state index < -0.39 is 44.0 Å². The maximum Gasteiger partial charge on any atom is 0.416 e. The molecule has 222 valence electrons. The van der Waals surface area contributed by atoms with Crippen molar-refractivity contribution >= 4 is 27.5 Å². The van der Waals surface area contributed by atoms with Gasteiger partial charge < -0.3 is 14.6 Å². The first kappa shape index (κ1) is 29.1. The van der Waals surface area contributed by atoms with Crippen LogP contribution in [0, 0.1) is 0 Å². The molecule has 0 radical (unpaired) electrons. The number of piperazine rings is 1. The molecular formula is C25H25F6N5O4S. The van der Waals surface area contributed by atoms with E-state index in [9.17, 15) is 39.6 Å². The lowest BCUT2D eigenvalue weighted by atomic mass is 9.87. The summed E-state index contributed by atoms with van der Waals surface area (Å²) >= 11 is 0. The molecule has 16 heteroatoms. The van der Waals surface area contributed by atoms with Gasteiger partial charge in [-0.15, -0.1) is 0 Å². The number of alkyl halides is 6. The van der Waals surface area contributed by atoms with Crippen LogP contribution in [0.4, 0.5) is 32.2 Å². The molecule has 3 aliphatic heterocycles. The summed E-state index contributed by atoms with van der Waals surface area (Å²) in [6.07, 6.45) is -7.59. The van der Waals surface area contributed by atoms with Crippen LogP contribution in [0.2, 0.25) is 0 Å². The molecule has 9 nitrogen and oxygen atoms in total. The summed E-state index contributed by atoms with van der Waals surface area (Å²) < 4.78 is 105. The largest absolute Gasteiger partial charge is 0.416 e. The van der Waals surface area contributed by atoms with Crippen LogP contribution in [0.3, 0.4) is 0 Å². The molecule has 0 aliphatic carbocycles. The zero-order chi connectivity index (χ0) is 29.6. The lowest BCUT2D eigenvalue weighted by Gasteiger charge is -2.37. The summed E-state index contributed by atoms with van der Waals surface area (Å²) in [5.41, 5.74) is -2.62. The number of oxime groups is 1. The quantitative estimate of drug-likeness (QED) is 0.493. The van der Waals surface area contributed by atoms with Gasteiger partial charge in [0, 0.05) is 64.7 Å². The molecule has 5 rings (SSSR count). The van der Waals surface area contributed by atoms with Gasteiger partial charge in [-0.05, 0) is 30.3 Å². The average Bonchev–Trinajstić information content (AvgIpc) is 3.35. The minimum absolute atomic E-state index is 0.0295. The Bertz CT molecular complexity index is 1450. The molecule has 1 aromatic heterocycles. The summed E-state index contributed by atoms with van der Waals surface area (Å²) in [5.74, 6) is -0.211. The monoisotopic (exact) mass is 605 g/mol. The molecule has 41 heavy (non-hydrogen) atoms. The van der Waals surface area contributed by atoms with E-state index in [2.05, 4.69) is 10.1 Å². The SMILES string of the molecule is O=C(C1=NOC2(CCN(S(=O)(=O)c3cccc(C(F)(F)F)c3)CC2)C1)N1CCN(c2cc(C(F)(F)F)ccn2)CC1. The second-order valence-electron chi connectivity index (χ2n) is 10.1. The first-order valence-corrected chi connectivity index (χ1v) is 14.1. The van der Waals surface area contributed by atoms with Gasteiger partial charge in [0.1, 0.15) is 17.1 Å². The topological polar surface area (TPSA) is 95.4 Å². The Labute approximate surface area is 231 Å². The fourth-order valence-electron chi connectivity index (χ4n) is 5.11. The first-order chi connectivity index (χ1) is 19.2. The Morgan fingerprint density at radius 3 is 2.15 bits per heavy atom. The number of rotatable bonds is 4. The smallest absolute Gasteiger partial charge is 0.388 e. The van der Waals surface area contributed by atoms with Gasteiger partial charge in [0.05, 0.1) is 16.0 Å². The van der Waals surface area contributed by atoms with Crippen molar-refractivity contribution in [1.82, 2.24) is 14.2 Å². The number of hydrogen-bond acceptors (Lipinski definition) is 7. The third-order valence-electron chi connectivity index (χ3n) is 7.48. The number of anilines is 1. The second kappa shape index (κ2) is 10.5. The fraction of sp³-hybridized carbons (Fsp3) is 0.480. The van der Waals surface area contributed by atoms with Crippen molar-refractivity contribution in [2.24, 2.45) is 5.16 Å². The molecule has 3 aliphatic rings. The number of halogens is 6. The number of carbonyl (C=O) groups is 1. The molecule has 2 fully saturated rings. The molecule has 0 unspecified atom stereocenters. The van der Waals surface area contributed by atoms with E-state index in [-0.39, 0.29) is 76.0 Å². The van der Waals surface area contributed by atoms with E-state index in [0.717, 1.165) is 40.8 Å². The van der Waals surface area contributed by atoms with Crippen LogP contribution in [0.1, 0.15) is 30.4 Å². The van der Waals surface area contributed by atoms with Crippen molar-refractivity contribution in [2.75, 3.05) is 44.2 Å². The van der Waals surface area contributed by atoms with Crippen molar-refractivity contribution in [3.63, 3.8) is 0 Å². The Hall–Kier alpha value is -3.40. The molecule has 0 atom stereocenters. The third kappa shape index (κ3) is 5.98. The van der Waals surface area contributed by atoms with E-state index in [1.54, 1.807) is 4.90 Å². The summed E-state index contributed by atoms with van der Waals surface area (Å²) in [6.45, 7) is 0.928. The number of pyridine rings is 1. The van der Waals surface area contributed by atoms with Gasteiger partial charge in [-0.25, -0.2) is 13.4 Å². The van der Waals surface area contributed by atoms with Gasteiger partial charge >= 0.3 is 12.4 Å². The summed E-state index contributed by atoms with van der Waals surface area (Å²) in [4.78, 5) is 25.5. The van der Waals surface area contributed by atoms with Crippen LogP contribution in [0.15, 0.2) is 52.6 Å². The predicted molar refractivity (Wildman–Crippen MR) is 133 cm³/mol. The van der Waals surface area contributed by atoms with Crippen LogP contribution in [-0.4, -0.2) is 79.1 Å². The maximum absolute atomic E-state index is 13.1. The van der Waals surface area contributed by atoms with E-state index in [1.807, 2.05) is 0 Å². The zero-order valence-electron chi connectivity index (χ0n) is 21.5. The van der Waals surface area contributed by atoms with Crippen molar-refractivity contribution in [1.29, 1.82) is 0 Å². The van der Waals surface area contributed by atoms with Crippen LogP contribution in [-0.2, 0) is 32.0 Å². The number of sulfonamides is 1. The van der Waals surface area contributed by atoms with Crippen molar-refractivity contribution < 1.29 is 44.4 Å². The van der Waals surface area contributed by atoms with Crippen LogP contribution in [0.25, 0.3) is 0 Å². The van der Waals surface area contributed by atoms with Gasteiger partial charge in [-0.3, -0.25) is 4.79 Å². The highest BCUT2D eigenvalue weighted by Crippen LogP contribution is 2.38. The second-order valence-corrected chi connectivity index (χ2v) is 12.0. The zero-order valence-corrected chi connectivity index (χ0v) is 22.3. The predicted octanol–water partition coefficient (Wildman–Crippen LogP) is 3.77. The highest BCUT2D eigenvalue weighted by atomic mass is 32.2. The molecule has 0 N–H and O–H groups in total. The Morgan fingerprint density at radius 1 is 0.878 bits per heavy atom. The van der Waals surface area contributed by atoms with Gasteiger partial charge in [-0.2, -0.15) is 30.6 Å². The Kier molecular flexibility index (Phi) is 7.42. The maximum atomic E-state index is 13.1. The van der Waals surface area contributed by atoms with Gasteiger partial charge in [0.25, 0.3) is 5.91 Å². The molecule has 2 aromatic rings. The average molecular weight is 606 g/mol. The minimum Gasteiger partial charge on any atom is -0.388 e. The summed E-state index contributed by atoms with van der Waals surface area (Å²) in [5, 5.41) is 3.97. The number of nitrogens with zero attached hydrogens (tertiary/aromatic N) is 5. The van der Waals surface area contributed by atoms with E-state index in [0.29, 0.717) is 6.07 Å². The minimum atomic E-state index is -4.68. The standard InChI is InChI=1S/C25H25F6N5O4S/c26-24(27,28)17-2-1-3-19(14-17)41(38,39)36-8-5-23(6-9-36)16-20(33-40-23)22(37)35-12-10-34(11-13-35)21-15-18(4-7-32-21)25(29,30)31/h1-4,7,14-15H,5-6,8-13,16H2. The Balaban J connectivity index is 1.16. The number of aromatic nitrogens is 1. The highest BCUT2D eigenvalue weighted by molar-refractivity contribution is 7.89. The number of amides is 1. The normalized spacial score (nSPS) is 20.2. The lowest BCUT2D eigenvalue weighted by Crippen LogP contribution is -2.51. The van der Waals surface area contributed by atoms with Gasteiger partial charge in [0.2, 0.25) is 10.0 Å². The van der Waals surface area contributed by atoms with Gasteiger partial charge in [-0.1, -0.05) is 11.2 Å². The summed E-state index contributed by atoms with van der Waals surface area (Å²) in [7, 11) is -4.18. The fourth-order valence-corrected chi connectivity index (χ4v) is 6.60. The third-order valence-corrected chi connectivity index (χ3v) is 9.38. The number of benzene rings is 1. The van der Waals surface area contributed by atoms with E-state index >= 15 is 0 Å². The summed E-state index contributed by atoms with van der Waals surface area (Å²) in [6, 6.07) is 5.42. The van der Waals surface area contributed by atoms with Crippen molar-refractivity contribution in [3.8, 4) is 0 Å². The number of piperidine rings is 1. The molecule has 4 heterocycles. The lowest BCUT2D eigenvalue weighted by molar-refractivity contribution is -0.138. The number of carbonyl (C=O) groups excluding carboxylic acids is 1. The van der Waals surface area contributed by atoms with Crippen molar-refractivity contribution in [2.45, 2.75) is 42.1 Å². The van der Waals surface area contributed by atoms with E-state index in [1.165, 1.54) is 4.90 Å². The molecule has 2 saturated heterocycles. The highest BCUT2D eigenvalue weighted by Gasteiger charge is 2.47. The van der Waals surface area contributed by atoms with Crippen LogP contribution < -0.4 is 4.90 Å². The first-order valence-electron chi connectivity index (χ1n) is 12.7. The van der Waals surface area contributed by atoms with Crippen LogP contribution >= 0.6 is 0 Å². The number of hydrogen-bond donors (Lipinski definition) is 0. The molecule has 1 spiro atoms. The molecule has 1 aromatic carbocycles. The van der Waals surface area contributed by atoms with Crippen LogP contribution in [0.5, 0.6) is 0 Å². The molecule has 1 amide bonds. The van der Waals surface area contributed by atoms with Crippen molar-refractivity contribution in [3.05, 3.63) is 53.7 Å². The molecule has 0 saturated carbocycles. The van der Waals surface area contributed by atoms with Gasteiger partial charge in [0.15, 0.2) is 0 Å². The Morgan fingerprint density at radius 2 is 1.51 bits per heavy atom.